The number of rotatable bonds is 8. The number of hydrogen-bond donors (Lipinski definition) is 1. The molecule has 0 radical (unpaired) electrons. The first kappa shape index (κ1) is 23.5. The van der Waals surface area contributed by atoms with Crippen LogP contribution in [0.1, 0.15) is 16.7 Å². The molecule has 1 amide bonds. The molecule has 8 heteroatoms. The predicted molar refractivity (Wildman–Crippen MR) is 135 cm³/mol. The van der Waals surface area contributed by atoms with Gasteiger partial charge >= 0.3 is 0 Å². The Morgan fingerprint density at radius 2 is 1.79 bits per heavy atom. The lowest BCUT2D eigenvalue weighted by atomic mass is 10.1. The number of methoxy groups -OCH3 is 1. The van der Waals surface area contributed by atoms with Gasteiger partial charge in [0.25, 0.3) is 0 Å². The van der Waals surface area contributed by atoms with Crippen LogP contribution >= 0.6 is 23.2 Å². The number of fused-ring (bicyclic) bond motifs is 1. The third-order valence-corrected chi connectivity index (χ3v) is 5.79. The Labute approximate surface area is 207 Å². The molecule has 34 heavy (non-hydrogen) atoms. The summed E-state index contributed by atoms with van der Waals surface area (Å²) in [7, 11) is 1.60. The van der Waals surface area contributed by atoms with E-state index in [0.29, 0.717) is 27.1 Å². The molecule has 0 atom stereocenters. The number of hydrazone groups is 1. The van der Waals surface area contributed by atoms with Crippen LogP contribution in [-0.4, -0.2) is 24.2 Å². The molecule has 4 rings (SSSR count). The van der Waals surface area contributed by atoms with E-state index in [1.807, 2.05) is 48.5 Å². The average molecular weight is 494 g/mol. The maximum Gasteiger partial charge on any atom is 0.244 e. The maximum absolute atomic E-state index is 12.3. The second kappa shape index (κ2) is 11.0. The normalized spacial score (nSPS) is 11.0. The maximum atomic E-state index is 12.3. The van der Waals surface area contributed by atoms with Crippen LogP contribution in [0.2, 0.25) is 10.0 Å². The van der Waals surface area contributed by atoms with Crippen molar-refractivity contribution in [2.24, 2.45) is 5.10 Å². The van der Waals surface area contributed by atoms with Gasteiger partial charge in [0.2, 0.25) is 5.91 Å². The van der Waals surface area contributed by atoms with Crippen molar-refractivity contribution in [1.82, 2.24) is 10.4 Å². The van der Waals surface area contributed by atoms with Crippen molar-refractivity contribution in [2.75, 3.05) is 7.11 Å². The van der Waals surface area contributed by atoms with E-state index in [4.69, 9.17) is 32.7 Å². The van der Waals surface area contributed by atoms with Crippen LogP contribution in [0.3, 0.4) is 0 Å². The number of hydrogen-bond acceptors (Lipinski definition) is 5. The van der Waals surface area contributed by atoms with Crippen molar-refractivity contribution < 1.29 is 14.3 Å². The second-order valence-electron chi connectivity index (χ2n) is 7.36. The zero-order valence-corrected chi connectivity index (χ0v) is 19.8. The highest BCUT2D eigenvalue weighted by Gasteiger charge is 2.11. The monoisotopic (exact) mass is 493 g/mol. The number of amides is 1. The summed E-state index contributed by atoms with van der Waals surface area (Å²) in [4.78, 5) is 16.7. The van der Waals surface area contributed by atoms with Crippen LogP contribution in [0.4, 0.5) is 0 Å². The molecule has 0 saturated heterocycles. The van der Waals surface area contributed by atoms with Crippen LogP contribution in [0.5, 0.6) is 11.5 Å². The van der Waals surface area contributed by atoms with Gasteiger partial charge in [-0.25, -0.2) is 5.43 Å². The molecule has 0 aliphatic carbocycles. The Hall–Kier alpha value is -3.61. The molecule has 172 valence electrons. The highest BCUT2D eigenvalue weighted by molar-refractivity contribution is 6.36. The van der Waals surface area contributed by atoms with Crippen LogP contribution in [-0.2, 0) is 17.8 Å². The van der Waals surface area contributed by atoms with Gasteiger partial charge in [-0.3, -0.25) is 9.78 Å². The average Bonchev–Trinajstić information content (AvgIpc) is 2.85. The van der Waals surface area contributed by atoms with Crippen LogP contribution < -0.4 is 14.9 Å². The second-order valence-corrected chi connectivity index (χ2v) is 8.18. The molecular weight excluding hydrogens is 473 g/mol. The quantitative estimate of drug-likeness (QED) is 0.248. The first-order valence-corrected chi connectivity index (χ1v) is 11.2. The molecule has 1 N–H and O–H groups in total. The van der Waals surface area contributed by atoms with E-state index < -0.39 is 0 Å². The number of para-hydroxylation sites is 1. The first-order chi connectivity index (χ1) is 16.5. The lowest BCUT2D eigenvalue weighted by molar-refractivity contribution is -0.120. The Morgan fingerprint density at radius 3 is 2.59 bits per heavy atom. The number of nitrogens with one attached hydrogen (secondary N) is 1. The molecule has 6 nitrogen and oxygen atoms in total. The fraction of sp³-hybridized carbons (Fsp3) is 0.115. The van der Waals surface area contributed by atoms with Gasteiger partial charge in [-0.1, -0.05) is 47.5 Å². The van der Waals surface area contributed by atoms with E-state index in [1.165, 1.54) is 0 Å². The largest absolute Gasteiger partial charge is 0.496 e. The summed E-state index contributed by atoms with van der Waals surface area (Å²) in [5.41, 5.74) is 5.45. The van der Waals surface area contributed by atoms with Gasteiger partial charge in [-0.15, -0.1) is 0 Å². The van der Waals surface area contributed by atoms with E-state index in [-0.39, 0.29) is 18.9 Å². The minimum atomic E-state index is -0.327. The Kier molecular flexibility index (Phi) is 7.62. The van der Waals surface area contributed by atoms with Gasteiger partial charge in [0, 0.05) is 27.2 Å². The zero-order valence-electron chi connectivity index (χ0n) is 18.3. The SMILES string of the molecule is COc1ccc(C=NNC(=O)Cc2c(Cl)cccc2Cl)cc1COc1cccc2cccnc12. The minimum absolute atomic E-state index is 0.0244. The molecule has 0 saturated carbocycles. The number of carbonyl (C=O) groups is 1. The fourth-order valence-corrected chi connectivity index (χ4v) is 3.95. The van der Waals surface area contributed by atoms with Gasteiger partial charge < -0.3 is 9.47 Å². The van der Waals surface area contributed by atoms with E-state index in [0.717, 1.165) is 22.0 Å². The molecule has 0 aliphatic heterocycles. The van der Waals surface area contributed by atoms with Crippen molar-refractivity contribution in [3.63, 3.8) is 0 Å². The highest BCUT2D eigenvalue weighted by atomic mass is 35.5. The number of benzene rings is 3. The van der Waals surface area contributed by atoms with Gasteiger partial charge in [0.15, 0.2) is 0 Å². The Bertz CT molecular complexity index is 1330. The lowest BCUT2D eigenvalue weighted by Gasteiger charge is -2.12. The van der Waals surface area contributed by atoms with Gasteiger partial charge in [0.05, 0.1) is 19.7 Å². The van der Waals surface area contributed by atoms with Gasteiger partial charge in [-0.2, -0.15) is 5.10 Å². The smallest absolute Gasteiger partial charge is 0.244 e. The van der Waals surface area contributed by atoms with E-state index >= 15 is 0 Å². The molecule has 0 unspecified atom stereocenters. The van der Waals surface area contributed by atoms with Gasteiger partial charge in [0.1, 0.15) is 23.6 Å². The fourth-order valence-electron chi connectivity index (χ4n) is 3.42. The standard InChI is InChI=1S/C26H21Cl2N3O3/c1-33-23-11-10-17(15-30-31-25(32)14-20-21(27)7-3-8-22(20)28)13-19(23)16-34-24-9-2-5-18-6-4-12-29-26(18)24/h2-13,15H,14,16H2,1H3,(H,31,32). The summed E-state index contributed by atoms with van der Waals surface area (Å²) in [6.45, 7) is 0.276. The molecule has 3 aromatic carbocycles. The molecule has 1 aromatic heterocycles. The molecule has 4 aromatic rings. The van der Waals surface area contributed by atoms with Crippen molar-refractivity contribution in [1.29, 1.82) is 0 Å². The van der Waals surface area contributed by atoms with Crippen molar-refractivity contribution in [3.05, 3.63) is 99.7 Å². The predicted octanol–water partition coefficient (Wildman–Crippen LogP) is 5.82. The van der Waals surface area contributed by atoms with Crippen LogP contribution in [0, 0.1) is 0 Å². The third kappa shape index (κ3) is 5.65. The molecule has 0 spiro atoms. The van der Waals surface area contributed by atoms with Crippen molar-refractivity contribution in [3.8, 4) is 11.5 Å². The molecule has 0 aliphatic rings. The number of halogens is 2. The van der Waals surface area contributed by atoms with Crippen molar-refractivity contribution >= 4 is 46.2 Å². The summed E-state index contributed by atoms with van der Waals surface area (Å²) >= 11 is 12.3. The third-order valence-electron chi connectivity index (χ3n) is 5.09. The number of carbonyl (C=O) groups excluding carboxylic acids is 1. The summed E-state index contributed by atoms with van der Waals surface area (Å²) in [6.07, 6.45) is 3.31. The van der Waals surface area contributed by atoms with Crippen LogP contribution in [0.25, 0.3) is 10.9 Å². The van der Waals surface area contributed by atoms with E-state index in [9.17, 15) is 4.79 Å². The van der Waals surface area contributed by atoms with Crippen LogP contribution in [0.15, 0.2) is 78.0 Å². The number of pyridine rings is 1. The molecule has 1 heterocycles. The molecule has 0 fully saturated rings. The topological polar surface area (TPSA) is 72.8 Å². The number of nitrogens with zero attached hydrogens (tertiary/aromatic N) is 2. The number of aromatic nitrogens is 1. The lowest BCUT2D eigenvalue weighted by Crippen LogP contribution is -2.20. The van der Waals surface area contributed by atoms with E-state index in [1.54, 1.807) is 37.7 Å². The Balaban J connectivity index is 1.43. The summed E-state index contributed by atoms with van der Waals surface area (Å²) in [5.74, 6) is 1.04. The van der Waals surface area contributed by atoms with Crippen molar-refractivity contribution in [2.45, 2.75) is 13.0 Å². The number of ether oxygens (including phenoxy) is 2. The molecular formula is C26H21Cl2N3O3. The Morgan fingerprint density at radius 1 is 1.03 bits per heavy atom. The summed E-state index contributed by atoms with van der Waals surface area (Å²) in [5, 5.41) is 5.93. The summed E-state index contributed by atoms with van der Waals surface area (Å²) in [6, 6.07) is 20.3. The van der Waals surface area contributed by atoms with Gasteiger partial charge in [-0.05, 0) is 53.6 Å². The highest BCUT2D eigenvalue weighted by Crippen LogP contribution is 2.27. The van der Waals surface area contributed by atoms with E-state index in [2.05, 4.69) is 15.5 Å². The molecule has 0 bridgehead atoms. The first-order valence-electron chi connectivity index (χ1n) is 10.4. The zero-order chi connectivity index (χ0) is 23.9. The minimum Gasteiger partial charge on any atom is -0.496 e. The summed E-state index contributed by atoms with van der Waals surface area (Å²) < 4.78 is 11.5.